The molecule has 0 amide bonds. The van der Waals surface area contributed by atoms with Gasteiger partial charge in [-0.05, 0) is 35.4 Å². The summed E-state index contributed by atoms with van der Waals surface area (Å²) in [7, 11) is 5.47. The predicted molar refractivity (Wildman–Crippen MR) is 226 cm³/mol. The zero-order chi connectivity index (χ0) is 50.4. The van der Waals surface area contributed by atoms with Crippen molar-refractivity contribution in [2.75, 3.05) is 81.3 Å². The molecule has 6 saturated heterocycles. The van der Waals surface area contributed by atoms with Crippen LogP contribution in [0.25, 0.3) is 0 Å². The van der Waals surface area contributed by atoms with Gasteiger partial charge < -0.3 is 128 Å². The minimum absolute atomic E-state index is 0.0450. The highest BCUT2D eigenvalue weighted by Crippen LogP contribution is 2.54. The van der Waals surface area contributed by atoms with Gasteiger partial charge >= 0.3 is 0 Å². The molecule has 26 nitrogen and oxygen atoms in total. The van der Waals surface area contributed by atoms with Crippen molar-refractivity contribution in [3.05, 3.63) is 35.4 Å². The molecule has 6 aliphatic heterocycles. The number of aliphatic hydroxyl groups is 12. The Hall–Kier alpha value is -3.56. The Labute approximate surface area is 399 Å². The van der Waals surface area contributed by atoms with Crippen LogP contribution in [-0.2, 0) is 37.9 Å². The molecule has 0 spiro atoms. The van der Waals surface area contributed by atoms with Gasteiger partial charge in [-0.25, -0.2) is 0 Å². The molecule has 0 unspecified atom stereocenters. The summed E-state index contributed by atoms with van der Waals surface area (Å²) in [5.74, 6) is -0.146. The lowest BCUT2D eigenvalue weighted by Crippen LogP contribution is -2.62. The van der Waals surface area contributed by atoms with Crippen molar-refractivity contribution in [2.45, 2.75) is 110 Å². The maximum Gasteiger partial charge on any atom is 0.230 e. The second-order valence-electron chi connectivity index (χ2n) is 18.0. The summed E-state index contributed by atoms with van der Waals surface area (Å²) >= 11 is 0. The first kappa shape index (κ1) is 52.8. The molecule has 6 heterocycles. The number of methoxy groups -OCH3 is 4. The van der Waals surface area contributed by atoms with Crippen molar-refractivity contribution in [1.82, 2.24) is 0 Å². The van der Waals surface area contributed by atoms with Crippen LogP contribution in [0.3, 0.4) is 0 Å². The molecular formula is C44H62O26. The van der Waals surface area contributed by atoms with E-state index in [1.807, 2.05) is 0 Å². The number of benzene rings is 2. The average molecular weight is 1010 g/mol. The molecule has 2 aromatic rings. The van der Waals surface area contributed by atoms with E-state index in [0.717, 1.165) is 0 Å². The van der Waals surface area contributed by atoms with E-state index < -0.39 is 149 Å². The molecule has 0 radical (unpaired) electrons. The zero-order valence-electron chi connectivity index (χ0n) is 38.4. The first-order valence-electron chi connectivity index (χ1n) is 22.4. The Balaban J connectivity index is 1.01. The van der Waals surface area contributed by atoms with Gasteiger partial charge in [-0.1, -0.05) is 0 Å². The van der Waals surface area contributed by atoms with Gasteiger partial charge in [0.2, 0.25) is 24.1 Å². The molecular weight excluding hydrogens is 944 g/mol. The summed E-state index contributed by atoms with van der Waals surface area (Å²) in [6, 6.07) is 6.57. The van der Waals surface area contributed by atoms with Crippen LogP contribution < -0.4 is 28.4 Å². The summed E-state index contributed by atoms with van der Waals surface area (Å²) in [6.07, 6.45) is -24.0. The van der Waals surface area contributed by atoms with Gasteiger partial charge in [-0.15, -0.1) is 0 Å². The van der Waals surface area contributed by atoms with Gasteiger partial charge in [0.25, 0.3) is 0 Å². The monoisotopic (exact) mass is 1010 g/mol. The number of hydrogen-bond donors (Lipinski definition) is 12. The first-order chi connectivity index (χ1) is 33.5. The number of fused-ring (bicyclic) bond motifs is 1. The molecule has 26 heteroatoms. The quantitative estimate of drug-likeness (QED) is 0.0666. The Morgan fingerprint density at radius 2 is 0.843 bits per heavy atom. The molecule has 0 aromatic heterocycles. The molecule has 20 atom stereocenters. The maximum absolute atomic E-state index is 11.1. The van der Waals surface area contributed by atoms with E-state index in [1.54, 1.807) is 24.3 Å². The van der Waals surface area contributed by atoms with Crippen LogP contribution >= 0.6 is 0 Å². The smallest absolute Gasteiger partial charge is 0.230 e. The van der Waals surface area contributed by atoms with E-state index >= 15 is 0 Å². The van der Waals surface area contributed by atoms with E-state index in [2.05, 4.69) is 0 Å². The molecule has 0 aliphatic carbocycles. The molecule has 394 valence electrons. The van der Waals surface area contributed by atoms with Crippen LogP contribution in [0, 0.1) is 11.8 Å². The largest absolute Gasteiger partial charge is 0.493 e. The van der Waals surface area contributed by atoms with Gasteiger partial charge in [0, 0.05) is 11.8 Å². The van der Waals surface area contributed by atoms with Crippen molar-refractivity contribution in [2.24, 2.45) is 11.8 Å². The van der Waals surface area contributed by atoms with E-state index in [0.29, 0.717) is 11.1 Å². The third-order valence-corrected chi connectivity index (χ3v) is 13.7. The molecule has 2 aromatic carbocycles. The summed E-state index contributed by atoms with van der Waals surface area (Å²) in [6.45, 7) is -3.77. The van der Waals surface area contributed by atoms with Crippen LogP contribution in [0.1, 0.15) is 23.3 Å². The van der Waals surface area contributed by atoms with Crippen LogP contribution in [0.5, 0.6) is 34.5 Å². The number of ether oxygens (including phenoxy) is 14. The molecule has 12 N–H and O–H groups in total. The van der Waals surface area contributed by atoms with Gasteiger partial charge in [-0.3, -0.25) is 0 Å². The van der Waals surface area contributed by atoms with E-state index in [4.69, 9.17) is 66.3 Å². The number of aliphatic hydroxyl groups excluding tert-OH is 10. The van der Waals surface area contributed by atoms with Crippen molar-refractivity contribution in [3.8, 4) is 34.5 Å². The third-order valence-electron chi connectivity index (χ3n) is 13.7. The fourth-order valence-corrected chi connectivity index (χ4v) is 9.55. The van der Waals surface area contributed by atoms with Crippen molar-refractivity contribution >= 4 is 0 Å². The predicted octanol–water partition coefficient (Wildman–Crippen LogP) is -4.92. The van der Waals surface area contributed by atoms with Crippen LogP contribution in [0.15, 0.2) is 24.3 Å². The zero-order valence-corrected chi connectivity index (χ0v) is 38.4. The highest BCUT2D eigenvalue weighted by Gasteiger charge is 2.56. The fraction of sp³-hybridized carbons (Fsp3) is 0.727. The first-order valence-corrected chi connectivity index (χ1v) is 22.4. The molecule has 0 bridgehead atoms. The molecule has 8 rings (SSSR count). The van der Waals surface area contributed by atoms with E-state index in [1.165, 1.54) is 28.4 Å². The Kier molecular flexibility index (Phi) is 16.2. The fourth-order valence-electron chi connectivity index (χ4n) is 9.55. The molecule has 6 aliphatic rings. The summed E-state index contributed by atoms with van der Waals surface area (Å²) in [5, 5.41) is 125. The maximum atomic E-state index is 11.1. The lowest BCUT2D eigenvalue weighted by Gasteiger charge is -2.42. The molecule has 6 fully saturated rings. The van der Waals surface area contributed by atoms with Gasteiger partial charge in [-0.2, -0.15) is 0 Å². The minimum Gasteiger partial charge on any atom is -0.493 e. The molecule has 70 heavy (non-hydrogen) atoms. The Morgan fingerprint density at radius 3 is 1.13 bits per heavy atom. The Morgan fingerprint density at radius 1 is 0.500 bits per heavy atom. The van der Waals surface area contributed by atoms with Crippen LogP contribution in [-0.4, -0.2) is 240 Å². The number of rotatable bonds is 18. The van der Waals surface area contributed by atoms with Gasteiger partial charge in [0.1, 0.15) is 60.0 Å². The highest BCUT2D eigenvalue weighted by atomic mass is 16.8. The highest BCUT2D eigenvalue weighted by molar-refractivity contribution is 5.56. The average Bonchev–Trinajstić information content (AvgIpc) is 4.13. The summed E-state index contributed by atoms with van der Waals surface area (Å²) in [4.78, 5) is 0. The third kappa shape index (κ3) is 9.59. The molecule has 0 saturated carbocycles. The second kappa shape index (κ2) is 21.5. The number of hydrogen-bond acceptors (Lipinski definition) is 26. The minimum atomic E-state index is -2.07. The Bertz CT molecular complexity index is 1890. The summed E-state index contributed by atoms with van der Waals surface area (Å²) in [5.41, 5.74) is -2.96. The van der Waals surface area contributed by atoms with Gasteiger partial charge in [0.05, 0.1) is 93.5 Å². The topological polar surface area (TPSA) is 372 Å². The lowest BCUT2D eigenvalue weighted by molar-refractivity contribution is -0.319. The summed E-state index contributed by atoms with van der Waals surface area (Å²) < 4.78 is 82.3. The van der Waals surface area contributed by atoms with Crippen LogP contribution in [0.4, 0.5) is 0 Å². The van der Waals surface area contributed by atoms with E-state index in [9.17, 15) is 61.3 Å². The second-order valence-corrected chi connectivity index (χ2v) is 18.0. The van der Waals surface area contributed by atoms with Crippen LogP contribution in [0.2, 0.25) is 0 Å². The van der Waals surface area contributed by atoms with E-state index in [-0.39, 0.29) is 59.5 Å². The normalized spacial score (nSPS) is 41.6. The van der Waals surface area contributed by atoms with Crippen molar-refractivity contribution in [1.29, 1.82) is 0 Å². The SMILES string of the molecule is COc1cc([C@@H]2OC[C@@H]3[C@H]2CO[C@H]3c2cc(OC)c(O[C@@H]3O[C@H](CO)[C@@H](O)[C@H](O)[C@H]3O[C@@H]3OC[C@](O)(CO)[C@H]3O)c(OC)c2)cc(OC)c1O[C@@H]1O[C@H](CO)[C@@H](O)[C@H](O)[C@H]1O[C@@H]1OC[C@](O)(CO)[C@H]1O. The standard InChI is InChI=1S/C44H62O26/c1-57-21-5-17(6-22(58-2)33(21)67-39-35(29(51)27(49)25(9-45)65-39)69-41-37(53)43(55,13-47)15-63-41)31-19-11-62-32(20(19)12-61-31)18-7-23(59-3)34(24(8-18)60-4)68-40-36(30(52)28(50)26(10-46)66-40)70-42-38(54)44(56,14-48)16-64-42/h5-8,19-20,25-32,35-42,45-56H,9-16H2,1-4H3/t19-,20-,25-,26-,27-,28-,29+,30+,31+,32+,35-,36-,37+,38+,39+,40+,41+,42+,43-,44-/m1/s1. The van der Waals surface area contributed by atoms with Crippen molar-refractivity contribution in [3.63, 3.8) is 0 Å². The van der Waals surface area contributed by atoms with Gasteiger partial charge in [0.15, 0.2) is 47.8 Å². The lowest BCUT2D eigenvalue weighted by atomic mass is 9.84. The van der Waals surface area contributed by atoms with Crippen molar-refractivity contribution < 1.29 is 128 Å².